The minimum absolute atomic E-state index is 0.00838. The molecule has 11 nitrogen and oxygen atoms in total. The van der Waals surface area contributed by atoms with Crippen molar-refractivity contribution < 1.29 is 14.6 Å². The maximum Gasteiger partial charge on any atom is 0.323 e. The first-order valence-corrected chi connectivity index (χ1v) is 13.7. The second kappa shape index (κ2) is 9.07. The van der Waals surface area contributed by atoms with Crippen molar-refractivity contribution in [3.05, 3.63) is 53.7 Å². The first-order chi connectivity index (χ1) is 18.6. The highest BCUT2D eigenvalue weighted by Gasteiger charge is 2.47. The average molecular weight is 533 g/mol. The molecule has 6 heterocycles. The van der Waals surface area contributed by atoms with E-state index in [0.29, 0.717) is 41.3 Å². The third-order valence-corrected chi connectivity index (χ3v) is 9.18. The second-order valence-corrected chi connectivity index (χ2v) is 11.3. The van der Waals surface area contributed by atoms with Gasteiger partial charge in [-0.25, -0.2) is 19.7 Å². The van der Waals surface area contributed by atoms with Crippen LogP contribution in [0.4, 0.5) is 16.4 Å². The van der Waals surface area contributed by atoms with Crippen molar-refractivity contribution in [3.8, 4) is 5.75 Å². The standard InChI is InChI=1S/C26H28N8O3S/c27-22-16-2-1-6-28-17(16)10-26(22)4-8-33(9-5-26)23-18(13-35)32-20(12-30-23)38-19-3-7-29-24-21(19)37-14-15-11-31-25(36)34(15)24/h1-3,6-7,12,15,22,35H,4-5,8-11,13-14,27H2,(H,31,36)/t15?,22-/m1/s1. The number of amides is 2. The van der Waals surface area contributed by atoms with E-state index in [1.807, 2.05) is 18.3 Å². The molecule has 2 saturated heterocycles. The summed E-state index contributed by atoms with van der Waals surface area (Å²) in [5, 5.41) is 13.7. The number of nitrogens with two attached hydrogens (primary N) is 1. The van der Waals surface area contributed by atoms with Crippen molar-refractivity contribution in [2.24, 2.45) is 11.1 Å². The number of aliphatic hydroxyl groups is 1. The lowest BCUT2D eigenvalue weighted by molar-refractivity contribution is 0.186. The van der Waals surface area contributed by atoms with E-state index >= 15 is 0 Å². The number of pyridine rings is 2. The van der Waals surface area contributed by atoms with Crippen molar-refractivity contribution in [3.63, 3.8) is 0 Å². The number of piperidine rings is 1. The summed E-state index contributed by atoms with van der Waals surface area (Å²) < 4.78 is 6.00. The second-order valence-electron chi connectivity index (χ2n) is 10.3. The maximum absolute atomic E-state index is 12.3. The van der Waals surface area contributed by atoms with E-state index in [2.05, 4.69) is 26.3 Å². The lowest BCUT2D eigenvalue weighted by Gasteiger charge is -2.42. The third kappa shape index (κ3) is 3.69. The molecule has 7 rings (SSSR count). The molecule has 2 fully saturated rings. The van der Waals surface area contributed by atoms with Crippen LogP contribution in [0.1, 0.15) is 35.8 Å². The summed E-state index contributed by atoms with van der Waals surface area (Å²) in [6.07, 6.45) is 8.00. The van der Waals surface area contributed by atoms with E-state index in [1.165, 1.54) is 17.3 Å². The maximum atomic E-state index is 12.3. The molecule has 1 unspecified atom stereocenters. The molecular formula is C26H28N8O3S. The van der Waals surface area contributed by atoms with Gasteiger partial charge in [-0.15, -0.1) is 0 Å². The van der Waals surface area contributed by atoms with E-state index in [4.69, 9.17) is 20.4 Å². The Bertz CT molecular complexity index is 1410. The number of nitrogens with zero attached hydrogens (tertiary/aromatic N) is 6. The molecule has 0 aromatic carbocycles. The van der Waals surface area contributed by atoms with Crippen LogP contribution in [0.15, 0.2) is 46.7 Å². The molecule has 3 aliphatic heterocycles. The lowest BCUT2D eigenvalue weighted by Crippen LogP contribution is -2.45. The Kier molecular flexibility index (Phi) is 5.64. The van der Waals surface area contributed by atoms with Crippen LogP contribution in [0.2, 0.25) is 0 Å². The number of hydrogen-bond acceptors (Lipinski definition) is 10. The molecule has 0 bridgehead atoms. The topological polar surface area (TPSA) is 143 Å². The van der Waals surface area contributed by atoms with Gasteiger partial charge in [0.25, 0.3) is 0 Å². The van der Waals surface area contributed by atoms with E-state index in [0.717, 1.165) is 42.9 Å². The van der Waals surface area contributed by atoms with Gasteiger partial charge in [0, 0.05) is 43.8 Å². The molecule has 0 saturated carbocycles. The largest absolute Gasteiger partial charge is 0.486 e. The van der Waals surface area contributed by atoms with Crippen LogP contribution >= 0.6 is 11.8 Å². The summed E-state index contributed by atoms with van der Waals surface area (Å²) in [5.74, 6) is 1.78. The predicted octanol–water partition coefficient (Wildman–Crippen LogP) is 2.04. The average Bonchev–Trinajstić information content (AvgIpc) is 3.46. The molecule has 12 heteroatoms. The summed E-state index contributed by atoms with van der Waals surface area (Å²) >= 11 is 1.38. The Morgan fingerprint density at radius 1 is 1.18 bits per heavy atom. The van der Waals surface area contributed by atoms with Gasteiger partial charge in [-0.2, -0.15) is 0 Å². The van der Waals surface area contributed by atoms with Crippen LogP contribution in [-0.2, 0) is 13.0 Å². The van der Waals surface area contributed by atoms with Crippen molar-refractivity contribution in [2.45, 2.75) is 47.9 Å². The van der Waals surface area contributed by atoms with Gasteiger partial charge in [0.05, 0.1) is 23.7 Å². The van der Waals surface area contributed by atoms with E-state index in [1.54, 1.807) is 17.3 Å². The van der Waals surface area contributed by atoms with Crippen LogP contribution in [-0.4, -0.2) is 63.4 Å². The number of aromatic nitrogens is 4. The summed E-state index contributed by atoms with van der Waals surface area (Å²) in [5.41, 5.74) is 9.54. The number of carbonyl (C=O) groups excluding carboxylic acids is 1. The number of fused-ring (bicyclic) bond motifs is 4. The quantitative estimate of drug-likeness (QED) is 0.457. The van der Waals surface area contributed by atoms with Crippen molar-refractivity contribution in [1.29, 1.82) is 0 Å². The molecule has 0 radical (unpaired) electrons. The van der Waals surface area contributed by atoms with Gasteiger partial charge in [0.15, 0.2) is 17.4 Å². The zero-order valence-corrected chi connectivity index (χ0v) is 21.5. The van der Waals surface area contributed by atoms with Gasteiger partial charge in [0.2, 0.25) is 0 Å². The summed E-state index contributed by atoms with van der Waals surface area (Å²) in [7, 11) is 0. The first kappa shape index (κ1) is 23.6. The SMILES string of the molecule is N[C@@H]1c2cccnc2CC12CCN(c1ncc(Sc3ccnc4c3OCC3CNC(=O)N43)nc1CO)CC2. The molecule has 196 valence electrons. The van der Waals surface area contributed by atoms with Crippen molar-refractivity contribution in [2.75, 3.05) is 36.0 Å². The fraction of sp³-hybridized carbons (Fsp3) is 0.423. The van der Waals surface area contributed by atoms with Gasteiger partial charge in [0.1, 0.15) is 17.3 Å². The monoisotopic (exact) mass is 532 g/mol. The van der Waals surface area contributed by atoms with E-state index in [-0.39, 0.29) is 30.1 Å². The minimum atomic E-state index is -0.214. The smallest absolute Gasteiger partial charge is 0.323 e. The number of ether oxygens (including phenoxy) is 1. The van der Waals surface area contributed by atoms with Gasteiger partial charge < -0.3 is 25.8 Å². The number of carbonyl (C=O) groups is 1. The number of rotatable bonds is 4. The molecule has 1 spiro atoms. The van der Waals surface area contributed by atoms with Gasteiger partial charge in [-0.05, 0) is 42.4 Å². The zero-order chi connectivity index (χ0) is 25.9. The van der Waals surface area contributed by atoms with Crippen LogP contribution in [0.5, 0.6) is 5.75 Å². The summed E-state index contributed by atoms with van der Waals surface area (Å²) in [4.78, 5) is 35.4. The zero-order valence-electron chi connectivity index (χ0n) is 20.7. The summed E-state index contributed by atoms with van der Waals surface area (Å²) in [6.45, 7) is 2.31. The molecule has 2 atom stereocenters. The first-order valence-electron chi connectivity index (χ1n) is 12.8. The molecule has 3 aromatic heterocycles. The number of urea groups is 1. The molecule has 4 N–H and O–H groups in total. The van der Waals surface area contributed by atoms with Crippen molar-refractivity contribution in [1.82, 2.24) is 25.3 Å². The van der Waals surface area contributed by atoms with Crippen LogP contribution in [0.3, 0.4) is 0 Å². The summed E-state index contributed by atoms with van der Waals surface area (Å²) in [6, 6.07) is 5.67. The predicted molar refractivity (Wildman–Crippen MR) is 140 cm³/mol. The highest BCUT2D eigenvalue weighted by atomic mass is 32.2. The Morgan fingerprint density at radius 2 is 2.05 bits per heavy atom. The minimum Gasteiger partial charge on any atom is -0.486 e. The number of anilines is 2. The molecule has 1 aliphatic carbocycles. The molecule has 3 aromatic rings. The lowest BCUT2D eigenvalue weighted by atomic mass is 9.73. The Morgan fingerprint density at radius 3 is 2.87 bits per heavy atom. The van der Waals surface area contributed by atoms with Crippen LogP contribution < -0.4 is 25.6 Å². The van der Waals surface area contributed by atoms with Gasteiger partial charge in [-0.1, -0.05) is 17.8 Å². The number of hydrogen-bond donors (Lipinski definition) is 3. The highest BCUT2D eigenvalue weighted by Crippen LogP contribution is 2.50. The fourth-order valence-electron chi connectivity index (χ4n) is 6.18. The normalized spacial score (nSPS) is 23.1. The number of nitrogens with one attached hydrogen (secondary N) is 1. The Labute approximate surface area is 223 Å². The molecule has 38 heavy (non-hydrogen) atoms. The van der Waals surface area contributed by atoms with Crippen LogP contribution in [0.25, 0.3) is 0 Å². The van der Waals surface area contributed by atoms with Crippen LogP contribution in [0, 0.1) is 5.41 Å². The Balaban J connectivity index is 1.09. The third-order valence-electron chi connectivity index (χ3n) is 8.23. The van der Waals surface area contributed by atoms with Gasteiger partial charge in [-0.3, -0.25) is 9.88 Å². The van der Waals surface area contributed by atoms with Gasteiger partial charge >= 0.3 is 6.03 Å². The molecular weight excluding hydrogens is 504 g/mol. The fourth-order valence-corrected chi connectivity index (χ4v) is 7.04. The van der Waals surface area contributed by atoms with E-state index < -0.39 is 0 Å². The highest BCUT2D eigenvalue weighted by molar-refractivity contribution is 7.99. The van der Waals surface area contributed by atoms with E-state index in [9.17, 15) is 9.90 Å². The van der Waals surface area contributed by atoms with Crippen molar-refractivity contribution >= 4 is 29.4 Å². The molecule has 2 amide bonds. The Hall–Kier alpha value is -3.48. The number of aliphatic hydroxyl groups excluding tert-OH is 1. The molecule has 4 aliphatic rings.